The lowest BCUT2D eigenvalue weighted by Crippen LogP contribution is -2.61. The first kappa shape index (κ1) is 8.21. The second-order valence-electron chi connectivity index (χ2n) is 4.65. The highest BCUT2D eigenvalue weighted by molar-refractivity contribution is 4.93. The highest BCUT2D eigenvalue weighted by Crippen LogP contribution is 2.28. The molecule has 1 unspecified atom stereocenters. The average Bonchev–Trinajstić information content (AvgIpc) is 2.14. The molecule has 4 aliphatic heterocycles. The summed E-state index contributed by atoms with van der Waals surface area (Å²) in [6.45, 7) is 5.82. The van der Waals surface area contributed by atoms with Gasteiger partial charge < -0.3 is 15.0 Å². The fourth-order valence-electron chi connectivity index (χ4n) is 2.79. The first-order valence-corrected chi connectivity index (χ1v) is 5.48. The third-order valence-corrected chi connectivity index (χ3v) is 3.74. The van der Waals surface area contributed by atoms with Gasteiger partial charge in [-0.05, 0) is 31.8 Å². The molecule has 4 saturated heterocycles. The van der Waals surface area contributed by atoms with E-state index in [-0.39, 0.29) is 0 Å². The van der Waals surface area contributed by atoms with Crippen LogP contribution in [0.1, 0.15) is 12.8 Å². The molecule has 1 N–H and O–H groups in total. The van der Waals surface area contributed by atoms with Crippen molar-refractivity contribution in [1.82, 2.24) is 10.2 Å². The van der Waals surface area contributed by atoms with Crippen LogP contribution in [0.4, 0.5) is 0 Å². The van der Waals surface area contributed by atoms with Crippen molar-refractivity contribution in [3.05, 3.63) is 0 Å². The summed E-state index contributed by atoms with van der Waals surface area (Å²) in [5.41, 5.74) is 0. The molecular formula is C10H18N2O. The minimum absolute atomic E-state index is 0.658. The van der Waals surface area contributed by atoms with Crippen LogP contribution in [-0.4, -0.2) is 49.8 Å². The standard InChI is InChI=1S/C10H18N2O/c1-3-12-4-2-8(1)10(5-12)11-9-6-13-7-9/h8-11H,1-7H2. The van der Waals surface area contributed by atoms with Gasteiger partial charge in [-0.15, -0.1) is 0 Å². The number of piperidine rings is 3. The quantitative estimate of drug-likeness (QED) is 0.654. The van der Waals surface area contributed by atoms with Crippen molar-refractivity contribution in [3.8, 4) is 0 Å². The molecule has 0 aromatic rings. The highest BCUT2D eigenvalue weighted by Gasteiger charge is 2.35. The Morgan fingerprint density at radius 3 is 2.38 bits per heavy atom. The first-order chi connectivity index (χ1) is 6.42. The summed E-state index contributed by atoms with van der Waals surface area (Å²) in [6, 6.07) is 1.42. The van der Waals surface area contributed by atoms with E-state index in [2.05, 4.69) is 10.2 Å². The molecule has 13 heavy (non-hydrogen) atoms. The number of rotatable bonds is 2. The van der Waals surface area contributed by atoms with E-state index in [1.165, 1.54) is 32.5 Å². The number of ether oxygens (including phenoxy) is 1. The van der Waals surface area contributed by atoms with Crippen molar-refractivity contribution in [2.24, 2.45) is 5.92 Å². The Labute approximate surface area is 79.4 Å². The third kappa shape index (κ3) is 1.49. The van der Waals surface area contributed by atoms with Crippen LogP contribution in [0.5, 0.6) is 0 Å². The fourth-order valence-corrected chi connectivity index (χ4v) is 2.79. The Hall–Kier alpha value is -0.120. The Balaban J connectivity index is 1.58. The van der Waals surface area contributed by atoms with Crippen LogP contribution in [0, 0.1) is 5.92 Å². The van der Waals surface area contributed by atoms with Crippen LogP contribution in [0.25, 0.3) is 0 Å². The van der Waals surface area contributed by atoms with Gasteiger partial charge in [0.05, 0.1) is 19.3 Å². The normalized spacial score (nSPS) is 44.8. The lowest BCUT2D eigenvalue weighted by Gasteiger charge is -2.47. The largest absolute Gasteiger partial charge is 0.378 e. The van der Waals surface area contributed by atoms with Crippen molar-refractivity contribution < 1.29 is 4.74 Å². The summed E-state index contributed by atoms with van der Waals surface area (Å²) in [4.78, 5) is 2.59. The monoisotopic (exact) mass is 182 g/mol. The van der Waals surface area contributed by atoms with Crippen LogP contribution in [0.2, 0.25) is 0 Å². The second kappa shape index (κ2) is 3.23. The van der Waals surface area contributed by atoms with Crippen molar-refractivity contribution in [1.29, 1.82) is 0 Å². The van der Waals surface area contributed by atoms with Gasteiger partial charge in [0.2, 0.25) is 0 Å². The van der Waals surface area contributed by atoms with Crippen molar-refractivity contribution in [2.75, 3.05) is 32.8 Å². The zero-order chi connectivity index (χ0) is 8.67. The molecular weight excluding hydrogens is 164 g/mol. The summed E-state index contributed by atoms with van der Waals surface area (Å²) < 4.78 is 5.18. The summed E-state index contributed by atoms with van der Waals surface area (Å²) >= 11 is 0. The minimum Gasteiger partial charge on any atom is -0.378 e. The van der Waals surface area contributed by atoms with Crippen molar-refractivity contribution in [2.45, 2.75) is 24.9 Å². The number of nitrogens with one attached hydrogen (secondary N) is 1. The Morgan fingerprint density at radius 2 is 1.92 bits per heavy atom. The maximum absolute atomic E-state index is 5.18. The predicted octanol–water partition coefficient (Wildman–Crippen LogP) is 0.0690. The SMILES string of the molecule is C1OCC1NC1CN2CCC1CC2. The van der Waals surface area contributed by atoms with Gasteiger partial charge in [0.15, 0.2) is 0 Å². The molecule has 0 radical (unpaired) electrons. The fraction of sp³-hybridized carbons (Fsp3) is 1.00. The molecule has 2 bridgehead atoms. The van der Waals surface area contributed by atoms with Crippen molar-refractivity contribution in [3.63, 3.8) is 0 Å². The molecule has 3 heteroatoms. The number of hydrogen-bond acceptors (Lipinski definition) is 3. The van der Waals surface area contributed by atoms with Crippen LogP contribution in [0.15, 0.2) is 0 Å². The van der Waals surface area contributed by atoms with E-state index in [1.54, 1.807) is 0 Å². The molecule has 0 amide bonds. The Bertz CT molecular complexity index is 185. The van der Waals surface area contributed by atoms with Gasteiger partial charge in [-0.2, -0.15) is 0 Å². The van der Waals surface area contributed by atoms with Crippen LogP contribution in [-0.2, 0) is 4.74 Å². The molecule has 0 saturated carbocycles. The Kier molecular flexibility index (Phi) is 2.04. The van der Waals surface area contributed by atoms with Gasteiger partial charge in [-0.25, -0.2) is 0 Å². The molecule has 0 aromatic carbocycles. The molecule has 4 heterocycles. The summed E-state index contributed by atoms with van der Waals surface area (Å²) in [6.07, 6.45) is 2.82. The molecule has 4 rings (SSSR count). The third-order valence-electron chi connectivity index (χ3n) is 3.74. The van der Waals surface area contributed by atoms with Gasteiger partial charge in [0.25, 0.3) is 0 Å². The van der Waals surface area contributed by atoms with E-state index < -0.39 is 0 Å². The van der Waals surface area contributed by atoms with Crippen LogP contribution in [0.3, 0.4) is 0 Å². The van der Waals surface area contributed by atoms with Crippen LogP contribution < -0.4 is 5.32 Å². The molecule has 0 aliphatic carbocycles. The van der Waals surface area contributed by atoms with Gasteiger partial charge in [-0.3, -0.25) is 0 Å². The van der Waals surface area contributed by atoms with Crippen LogP contribution >= 0.6 is 0 Å². The smallest absolute Gasteiger partial charge is 0.0643 e. The minimum atomic E-state index is 0.658. The lowest BCUT2D eigenvalue weighted by molar-refractivity contribution is -0.0276. The molecule has 1 atom stereocenters. The van der Waals surface area contributed by atoms with E-state index in [9.17, 15) is 0 Å². The summed E-state index contributed by atoms with van der Waals surface area (Å²) in [5.74, 6) is 0.950. The zero-order valence-corrected chi connectivity index (χ0v) is 8.04. The Morgan fingerprint density at radius 1 is 1.15 bits per heavy atom. The molecule has 0 aromatic heterocycles. The second-order valence-corrected chi connectivity index (χ2v) is 4.65. The van der Waals surface area contributed by atoms with E-state index in [0.717, 1.165) is 25.2 Å². The van der Waals surface area contributed by atoms with Gasteiger partial charge in [-0.1, -0.05) is 0 Å². The van der Waals surface area contributed by atoms with E-state index in [0.29, 0.717) is 6.04 Å². The number of fused-ring (bicyclic) bond motifs is 3. The van der Waals surface area contributed by atoms with Crippen molar-refractivity contribution >= 4 is 0 Å². The van der Waals surface area contributed by atoms with Gasteiger partial charge >= 0.3 is 0 Å². The molecule has 0 spiro atoms. The zero-order valence-electron chi connectivity index (χ0n) is 8.04. The van der Waals surface area contributed by atoms with E-state index >= 15 is 0 Å². The maximum Gasteiger partial charge on any atom is 0.0643 e. The highest BCUT2D eigenvalue weighted by atomic mass is 16.5. The predicted molar refractivity (Wildman–Crippen MR) is 50.7 cm³/mol. The maximum atomic E-state index is 5.18. The van der Waals surface area contributed by atoms with Gasteiger partial charge in [0, 0.05) is 12.6 Å². The number of hydrogen-bond donors (Lipinski definition) is 1. The average molecular weight is 182 g/mol. The van der Waals surface area contributed by atoms with E-state index in [4.69, 9.17) is 4.74 Å². The molecule has 4 fully saturated rings. The van der Waals surface area contributed by atoms with Gasteiger partial charge in [0.1, 0.15) is 0 Å². The topological polar surface area (TPSA) is 24.5 Å². The molecule has 4 aliphatic rings. The lowest BCUT2D eigenvalue weighted by atomic mass is 9.83. The molecule has 3 nitrogen and oxygen atoms in total. The molecule has 74 valence electrons. The first-order valence-electron chi connectivity index (χ1n) is 5.48. The number of nitrogens with zero attached hydrogens (tertiary/aromatic N) is 1. The van der Waals surface area contributed by atoms with E-state index in [1.807, 2.05) is 0 Å². The summed E-state index contributed by atoms with van der Waals surface area (Å²) in [7, 11) is 0. The summed E-state index contributed by atoms with van der Waals surface area (Å²) in [5, 5.41) is 3.72.